The van der Waals surface area contributed by atoms with E-state index < -0.39 is 5.91 Å². The molecule has 0 aliphatic heterocycles. The number of hydrogen-bond donors (Lipinski definition) is 2. The van der Waals surface area contributed by atoms with E-state index >= 15 is 0 Å². The first kappa shape index (κ1) is 11.9. The van der Waals surface area contributed by atoms with Gasteiger partial charge in [0.15, 0.2) is 4.47 Å². The fourth-order valence-electron chi connectivity index (χ4n) is 1.40. The third kappa shape index (κ3) is 2.95. The van der Waals surface area contributed by atoms with Crippen LogP contribution >= 0.6 is 22.9 Å². The predicted octanol–water partition coefficient (Wildman–Crippen LogP) is 2.51. The van der Waals surface area contributed by atoms with Crippen LogP contribution in [0.5, 0.6) is 0 Å². The number of halogens is 1. The number of carbonyl (C=O) groups is 1. The van der Waals surface area contributed by atoms with E-state index in [1.807, 2.05) is 12.1 Å². The molecule has 2 aromatic rings. The topological polar surface area (TPSA) is 68.0 Å². The van der Waals surface area contributed by atoms with E-state index in [4.69, 9.17) is 17.3 Å². The minimum atomic E-state index is -0.449. The second kappa shape index (κ2) is 5.16. The highest BCUT2D eigenvalue weighted by Gasteiger charge is 2.07. The quantitative estimate of drug-likeness (QED) is 0.894. The van der Waals surface area contributed by atoms with Crippen LogP contribution in [-0.2, 0) is 6.54 Å². The van der Waals surface area contributed by atoms with E-state index in [9.17, 15) is 4.79 Å². The summed E-state index contributed by atoms with van der Waals surface area (Å²) in [5.74, 6) is -0.449. The Morgan fingerprint density at radius 3 is 2.88 bits per heavy atom. The molecule has 1 heterocycles. The van der Waals surface area contributed by atoms with Gasteiger partial charge in [-0.05, 0) is 12.1 Å². The van der Waals surface area contributed by atoms with Gasteiger partial charge in [0, 0.05) is 16.8 Å². The van der Waals surface area contributed by atoms with Gasteiger partial charge in [-0.2, -0.15) is 0 Å². The van der Waals surface area contributed by atoms with E-state index in [0.29, 0.717) is 22.3 Å². The molecule has 1 aromatic carbocycles. The number of nitrogens with one attached hydrogen (secondary N) is 1. The lowest BCUT2D eigenvalue weighted by Gasteiger charge is -2.08. The summed E-state index contributed by atoms with van der Waals surface area (Å²) in [5.41, 5.74) is 6.47. The molecule has 1 aromatic heterocycles. The van der Waals surface area contributed by atoms with Gasteiger partial charge in [0.1, 0.15) is 0 Å². The van der Waals surface area contributed by atoms with Crippen LogP contribution in [0.4, 0.5) is 5.69 Å². The van der Waals surface area contributed by atoms with Crippen molar-refractivity contribution in [1.82, 2.24) is 4.98 Å². The number of nitrogens with zero attached hydrogens (tertiary/aromatic N) is 1. The first-order valence-electron chi connectivity index (χ1n) is 4.89. The average Bonchev–Trinajstić information content (AvgIpc) is 2.73. The lowest BCUT2D eigenvalue weighted by Crippen LogP contribution is -2.14. The molecule has 0 saturated heterocycles. The maximum absolute atomic E-state index is 11.2. The molecule has 3 N–H and O–H groups in total. The molecule has 0 fully saturated rings. The predicted molar refractivity (Wildman–Crippen MR) is 69.4 cm³/mol. The Balaban J connectivity index is 2.11. The van der Waals surface area contributed by atoms with E-state index in [2.05, 4.69) is 10.3 Å². The van der Waals surface area contributed by atoms with Crippen LogP contribution in [0.2, 0.25) is 4.47 Å². The van der Waals surface area contributed by atoms with Crippen molar-refractivity contribution in [2.24, 2.45) is 5.73 Å². The number of nitrogens with two attached hydrogens (primary N) is 1. The van der Waals surface area contributed by atoms with Crippen molar-refractivity contribution in [2.45, 2.75) is 6.54 Å². The van der Waals surface area contributed by atoms with Crippen LogP contribution in [0, 0.1) is 0 Å². The number of thiazole rings is 1. The Morgan fingerprint density at radius 1 is 1.47 bits per heavy atom. The molecule has 0 radical (unpaired) electrons. The van der Waals surface area contributed by atoms with Crippen molar-refractivity contribution in [3.05, 3.63) is 45.4 Å². The normalized spacial score (nSPS) is 10.2. The highest BCUT2D eigenvalue weighted by atomic mass is 35.5. The number of aromatic nitrogens is 1. The zero-order chi connectivity index (χ0) is 12.3. The molecule has 0 unspecified atom stereocenters. The Hall–Kier alpha value is -1.59. The summed E-state index contributed by atoms with van der Waals surface area (Å²) in [7, 11) is 0. The lowest BCUT2D eigenvalue weighted by atomic mass is 10.1. The fourth-order valence-corrected chi connectivity index (χ4v) is 2.32. The molecule has 4 nitrogen and oxygen atoms in total. The van der Waals surface area contributed by atoms with E-state index in [0.717, 1.165) is 4.88 Å². The molecule has 0 aliphatic rings. The van der Waals surface area contributed by atoms with Crippen molar-refractivity contribution in [2.75, 3.05) is 5.32 Å². The number of benzene rings is 1. The minimum Gasteiger partial charge on any atom is -0.379 e. The summed E-state index contributed by atoms with van der Waals surface area (Å²) in [6.45, 7) is 0.564. The number of carbonyl (C=O) groups excluding carboxylic acids is 1. The molecule has 0 spiro atoms. The van der Waals surface area contributed by atoms with Crippen LogP contribution in [-0.4, -0.2) is 10.9 Å². The largest absolute Gasteiger partial charge is 0.379 e. The van der Waals surface area contributed by atoms with E-state index in [-0.39, 0.29) is 0 Å². The van der Waals surface area contributed by atoms with Crippen LogP contribution < -0.4 is 11.1 Å². The molecule has 0 atom stereocenters. The molecule has 6 heteroatoms. The molecular formula is C11H10ClN3OS. The summed E-state index contributed by atoms with van der Waals surface area (Å²) in [4.78, 5) is 16.1. The van der Waals surface area contributed by atoms with Gasteiger partial charge < -0.3 is 11.1 Å². The fraction of sp³-hybridized carbons (Fsp3) is 0.0909. The standard InChI is InChI=1S/C11H10ClN3OS/c12-11-15-6-7(17-11)5-14-9-4-2-1-3-8(9)10(13)16/h1-4,6,14H,5H2,(H2,13,16). The number of anilines is 1. The van der Waals surface area contributed by atoms with Crippen molar-refractivity contribution in [3.8, 4) is 0 Å². The van der Waals surface area contributed by atoms with Crippen LogP contribution in [0.15, 0.2) is 30.5 Å². The molecule has 1 amide bonds. The maximum Gasteiger partial charge on any atom is 0.250 e. The minimum absolute atomic E-state index is 0.449. The highest BCUT2D eigenvalue weighted by molar-refractivity contribution is 7.15. The van der Waals surface area contributed by atoms with Crippen LogP contribution in [0.25, 0.3) is 0 Å². The van der Waals surface area contributed by atoms with Crippen molar-refractivity contribution in [1.29, 1.82) is 0 Å². The van der Waals surface area contributed by atoms with Gasteiger partial charge in [-0.3, -0.25) is 4.79 Å². The molecule has 17 heavy (non-hydrogen) atoms. The summed E-state index contributed by atoms with van der Waals surface area (Å²) in [5, 5.41) is 3.14. The van der Waals surface area contributed by atoms with Crippen LogP contribution in [0.1, 0.15) is 15.2 Å². The first-order chi connectivity index (χ1) is 8.16. The zero-order valence-corrected chi connectivity index (χ0v) is 10.4. The van der Waals surface area contributed by atoms with E-state index in [1.54, 1.807) is 18.3 Å². The smallest absolute Gasteiger partial charge is 0.250 e. The Bertz CT molecular complexity index is 541. The summed E-state index contributed by atoms with van der Waals surface area (Å²) in [6, 6.07) is 7.11. The first-order valence-corrected chi connectivity index (χ1v) is 6.09. The van der Waals surface area contributed by atoms with Gasteiger partial charge in [0.05, 0.1) is 12.1 Å². The van der Waals surface area contributed by atoms with Gasteiger partial charge in [-0.1, -0.05) is 23.7 Å². The molecule has 2 rings (SSSR count). The van der Waals surface area contributed by atoms with E-state index in [1.165, 1.54) is 11.3 Å². The molecule has 0 saturated carbocycles. The lowest BCUT2D eigenvalue weighted by molar-refractivity contribution is 0.100. The second-order valence-corrected chi connectivity index (χ2v) is 5.04. The van der Waals surface area contributed by atoms with Crippen molar-refractivity contribution >= 4 is 34.5 Å². The Labute approximate surface area is 107 Å². The SMILES string of the molecule is NC(=O)c1ccccc1NCc1cnc(Cl)s1. The molecule has 88 valence electrons. The molecular weight excluding hydrogens is 258 g/mol. The average molecular weight is 268 g/mol. The third-order valence-electron chi connectivity index (χ3n) is 2.17. The number of para-hydroxylation sites is 1. The number of amides is 1. The van der Waals surface area contributed by atoms with Gasteiger partial charge >= 0.3 is 0 Å². The van der Waals surface area contributed by atoms with Gasteiger partial charge in [-0.15, -0.1) is 11.3 Å². The Morgan fingerprint density at radius 2 is 2.24 bits per heavy atom. The van der Waals surface area contributed by atoms with Gasteiger partial charge in [-0.25, -0.2) is 4.98 Å². The summed E-state index contributed by atoms with van der Waals surface area (Å²) in [6.07, 6.45) is 1.70. The highest BCUT2D eigenvalue weighted by Crippen LogP contribution is 2.20. The van der Waals surface area contributed by atoms with Crippen molar-refractivity contribution < 1.29 is 4.79 Å². The number of rotatable bonds is 4. The summed E-state index contributed by atoms with van der Waals surface area (Å²) >= 11 is 7.13. The number of primary amides is 1. The van der Waals surface area contributed by atoms with Crippen molar-refractivity contribution in [3.63, 3.8) is 0 Å². The van der Waals surface area contributed by atoms with Crippen LogP contribution in [0.3, 0.4) is 0 Å². The third-order valence-corrected chi connectivity index (χ3v) is 3.29. The Kier molecular flexibility index (Phi) is 3.61. The maximum atomic E-state index is 11.2. The number of hydrogen-bond acceptors (Lipinski definition) is 4. The molecule has 0 bridgehead atoms. The molecule has 0 aliphatic carbocycles. The van der Waals surface area contributed by atoms with Gasteiger partial charge in [0.2, 0.25) is 0 Å². The van der Waals surface area contributed by atoms with Gasteiger partial charge in [0.25, 0.3) is 5.91 Å². The summed E-state index contributed by atoms with van der Waals surface area (Å²) < 4.78 is 0.505. The second-order valence-electron chi connectivity index (χ2n) is 3.34. The zero-order valence-electron chi connectivity index (χ0n) is 8.81. The monoisotopic (exact) mass is 267 g/mol.